The van der Waals surface area contributed by atoms with Crippen LogP contribution in [0, 0.1) is 19.7 Å². The maximum Gasteiger partial charge on any atom is 0.129 e. The Morgan fingerprint density at radius 3 is 2.75 bits per heavy atom. The number of hydrogen-bond acceptors (Lipinski definition) is 1. The predicted octanol–water partition coefficient (Wildman–Crippen LogP) is 5.49. The number of aryl methyl sites for hydroxylation is 1. The number of nitrogens with zero attached hydrogens (tertiary/aromatic N) is 2. The Labute approximate surface area is 146 Å². The summed E-state index contributed by atoms with van der Waals surface area (Å²) in [5, 5.41) is 0.408. The van der Waals surface area contributed by atoms with E-state index < -0.39 is 0 Å². The van der Waals surface area contributed by atoms with Gasteiger partial charge >= 0.3 is 0 Å². The van der Waals surface area contributed by atoms with Gasteiger partial charge in [0.2, 0.25) is 0 Å². The molecular weight excluding hydrogens is 323 g/mol. The minimum atomic E-state index is -0.290. The molecule has 3 rings (SSSR count). The van der Waals surface area contributed by atoms with Crippen LogP contribution in [-0.2, 0) is 6.54 Å². The minimum absolute atomic E-state index is 0.135. The highest BCUT2D eigenvalue weighted by molar-refractivity contribution is 6.30. The minimum Gasteiger partial charge on any atom is -0.330 e. The van der Waals surface area contributed by atoms with Crippen LogP contribution in [0.2, 0.25) is 5.02 Å². The summed E-state index contributed by atoms with van der Waals surface area (Å²) < 4.78 is 16.1. The molecule has 0 radical (unpaired) electrons. The van der Waals surface area contributed by atoms with Crippen LogP contribution in [0.25, 0.3) is 0 Å². The number of benzene rings is 2. The van der Waals surface area contributed by atoms with Gasteiger partial charge in [-0.2, -0.15) is 0 Å². The first-order valence-electron chi connectivity index (χ1n) is 7.98. The second kappa shape index (κ2) is 6.78. The van der Waals surface area contributed by atoms with Gasteiger partial charge in [0.05, 0.1) is 6.54 Å². The molecule has 0 saturated carbocycles. The molecule has 4 heteroatoms. The van der Waals surface area contributed by atoms with Gasteiger partial charge in [0, 0.05) is 28.9 Å². The molecule has 24 heavy (non-hydrogen) atoms. The van der Waals surface area contributed by atoms with E-state index in [1.807, 2.05) is 10.8 Å². The number of hydrogen-bond donors (Lipinski definition) is 0. The van der Waals surface area contributed by atoms with Gasteiger partial charge in [0.25, 0.3) is 0 Å². The fourth-order valence-electron chi connectivity index (χ4n) is 3.05. The smallest absolute Gasteiger partial charge is 0.129 e. The van der Waals surface area contributed by atoms with Crippen LogP contribution in [0.15, 0.2) is 48.8 Å². The predicted molar refractivity (Wildman–Crippen MR) is 96.2 cm³/mol. The molecular formula is C20H20ClFN2. The summed E-state index contributed by atoms with van der Waals surface area (Å²) in [6.07, 6.45) is 3.66. The second-order valence-electron chi connectivity index (χ2n) is 6.16. The summed E-state index contributed by atoms with van der Waals surface area (Å²) in [5.41, 5.74) is 4.39. The summed E-state index contributed by atoms with van der Waals surface area (Å²) >= 11 is 5.83. The van der Waals surface area contributed by atoms with Crippen molar-refractivity contribution in [1.29, 1.82) is 0 Å². The molecule has 124 valence electrons. The van der Waals surface area contributed by atoms with Crippen LogP contribution in [0.4, 0.5) is 4.39 Å². The van der Waals surface area contributed by atoms with E-state index in [0.29, 0.717) is 17.1 Å². The SMILES string of the molecule is Cc1cccc([C@H](C)c2nccn2Cc2ccc(Cl)cc2F)c1C. The molecule has 2 nitrogen and oxygen atoms in total. The van der Waals surface area contributed by atoms with Crippen LogP contribution in [0.1, 0.15) is 40.9 Å². The Morgan fingerprint density at radius 1 is 1.21 bits per heavy atom. The molecule has 0 aliphatic carbocycles. The highest BCUT2D eigenvalue weighted by Crippen LogP contribution is 2.28. The maximum atomic E-state index is 14.1. The number of imidazole rings is 1. The first kappa shape index (κ1) is 16.7. The zero-order valence-electron chi connectivity index (χ0n) is 14.1. The van der Waals surface area contributed by atoms with Crippen molar-refractivity contribution in [3.05, 3.63) is 87.7 Å². The van der Waals surface area contributed by atoms with Crippen molar-refractivity contribution in [2.75, 3.05) is 0 Å². The zero-order valence-corrected chi connectivity index (χ0v) is 14.8. The highest BCUT2D eigenvalue weighted by Gasteiger charge is 2.17. The van der Waals surface area contributed by atoms with Crippen LogP contribution in [-0.4, -0.2) is 9.55 Å². The molecule has 1 atom stereocenters. The average molecular weight is 343 g/mol. The number of aromatic nitrogens is 2. The second-order valence-corrected chi connectivity index (χ2v) is 6.60. The number of rotatable bonds is 4. The third-order valence-electron chi connectivity index (χ3n) is 4.60. The number of halogens is 2. The van der Waals surface area contributed by atoms with E-state index in [9.17, 15) is 4.39 Å². The summed E-state index contributed by atoms with van der Waals surface area (Å²) in [7, 11) is 0. The van der Waals surface area contributed by atoms with Gasteiger partial charge in [-0.25, -0.2) is 9.37 Å². The van der Waals surface area contributed by atoms with E-state index in [-0.39, 0.29) is 11.7 Å². The Balaban J connectivity index is 1.94. The fraction of sp³-hybridized carbons (Fsp3) is 0.250. The van der Waals surface area contributed by atoms with E-state index in [1.54, 1.807) is 18.3 Å². The molecule has 0 amide bonds. The van der Waals surface area contributed by atoms with Gasteiger partial charge in [-0.1, -0.05) is 42.8 Å². The molecule has 1 aromatic heterocycles. The van der Waals surface area contributed by atoms with Crippen molar-refractivity contribution in [3.8, 4) is 0 Å². The highest BCUT2D eigenvalue weighted by atomic mass is 35.5. The standard InChI is InChI=1S/C20H20ClFN2/c1-13-5-4-6-18(14(13)2)15(3)20-23-9-10-24(20)12-16-7-8-17(21)11-19(16)22/h4-11,15H,12H2,1-3H3/t15-/m0/s1. The van der Waals surface area contributed by atoms with E-state index in [1.165, 1.54) is 22.8 Å². The van der Waals surface area contributed by atoms with E-state index in [4.69, 9.17) is 11.6 Å². The third-order valence-corrected chi connectivity index (χ3v) is 4.84. The molecule has 0 saturated heterocycles. The van der Waals surface area contributed by atoms with Crippen molar-refractivity contribution < 1.29 is 4.39 Å². The Hall–Kier alpha value is -2.13. The van der Waals surface area contributed by atoms with E-state index in [2.05, 4.69) is 44.0 Å². The van der Waals surface area contributed by atoms with Crippen LogP contribution in [0.5, 0.6) is 0 Å². The Kier molecular flexibility index (Phi) is 4.72. The maximum absolute atomic E-state index is 14.1. The first-order valence-corrected chi connectivity index (χ1v) is 8.36. The topological polar surface area (TPSA) is 17.8 Å². The molecule has 0 N–H and O–H groups in total. The van der Waals surface area contributed by atoms with Gasteiger partial charge < -0.3 is 4.57 Å². The van der Waals surface area contributed by atoms with Crippen LogP contribution < -0.4 is 0 Å². The zero-order chi connectivity index (χ0) is 17.3. The average Bonchev–Trinajstić information content (AvgIpc) is 3.00. The van der Waals surface area contributed by atoms with Gasteiger partial charge in [-0.15, -0.1) is 0 Å². The van der Waals surface area contributed by atoms with Gasteiger partial charge in [-0.3, -0.25) is 0 Å². The lowest BCUT2D eigenvalue weighted by molar-refractivity contribution is 0.591. The Morgan fingerprint density at radius 2 is 2.00 bits per heavy atom. The van der Waals surface area contributed by atoms with Crippen molar-refractivity contribution in [2.24, 2.45) is 0 Å². The molecule has 0 aliphatic rings. The molecule has 0 bridgehead atoms. The molecule has 1 heterocycles. The van der Waals surface area contributed by atoms with Gasteiger partial charge in [0.15, 0.2) is 0 Å². The largest absolute Gasteiger partial charge is 0.330 e. The lowest BCUT2D eigenvalue weighted by Crippen LogP contribution is -2.11. The first-order chi connectivity index (χ1) is 11.5. The summed E-state index contributed by atoms with van der Waals surface area (Å²) in [5.74, 6) is 0.773. The lowest BCUT2D eigenvalue weighted by atomic mass is 9.93. The Bertz CT molecular complexity index is 870. The van der Waals surface area contributed by atoms with Crippen LogP contribution in [0.3, 0.4) is 0 Å². The van der Waals surface area contributed by atoms with Gasteiger partial charge in [0.1, 0.15) is 11.6 Å². The molecule has 0 aliphatic heterocycles. The van der Waals surface area contributed by atoms with Crippen molar-refractivity contribution in [1.82, 2.24) is 9.55 Å². The summed E-state index contributed by atoms with van der Waals surface area (Å²) in [6, 6.07) is 11.1. The normalized spacial score (nSPS) is 12.4. The molecule has 0 fully saturated rings. The van der Waals surface area contributed by atoms with Crippen LogP contribution >= 0.6 is 11.6 Å². The quantitative estimate of drug-likeness (QED) is 0.612. The van der Waals surface area contributed by atoms with Crippen molar-refractivity contribution >= 4 is 11.6 Å². The molecule has 0 spiro atoms. The van der Waals surface area contributed by atoms with E-state index in [0.717, 1.165) is 5.82 Å². The molecule has 3 aromatic rings. The van der Waals surface area contributed by atoms with Crippen molar-refractivity contribution in [3.63, 3.8) is 0 Å². The molecule has 2 aromatic carbocycles. The fourth-order valence-corrected chi connectivity index (χ4v) is 3.21. The molecule has 0 unspecified atom stereocenters. The van der Waals surface area contributed by atoms with E-state index >= 15 is 0 Å². The van der Waals surface area contributed by atoms with Gasteiger partial charge in [-0.05, 0) is 42.7 Å². The summed E-state index contributed by atoms with van der Waals surface area (Å²) in [6.45, 7) is 6.82. The lowest BCUT2D eigenvalue weighted by Gasteiger charge is -2.18. The van der Waals surface area contributed by atoms with Crippen molar-refractivity contribution in [2.45, 2.75) is 33.2 Å². The third kappa shape index (κ3) is 3.22. The monoisotopic (exact) mass is 342 g/mol. The summed E-state index contributed by atoms with van der Waals surface area (Å²) in [4.78, 5) is 4.52.